The molecule has 2 nitrogen and oxygen atoms in total. The van der Waals surface area contributed by atoms with Gasteiger partial charge in [0.1, 0.15) is 11.5 Å². The van der Waals surface area contributed by atoms with E-state index < -0.39 is 23.0 Å². The second-order valence-corrected chi connectivity index (χ2v) is 4.85. The molecule has 0 saturated heterocycles. The minimum Gasteiger partial charge on any atom is -0.238 e. The lowest BCUT2D eigenvalue weighted by molar-refractivity contribution is -0.233. The number of aryl methyl sites for hydroxylation is 2. The van der Waals surface area contributed by atoms with E-state index in [0.717, 1.165) is 13.8 Å². The molecule has 6 heteroatoms. The summed E-state index contributed by atoms with van der Waals surface area (Å²) in [6.07, 6.45) is 0. The van der Waals surface area contributed by atoms with Crippen LogP contribution in [-0.2, 0) is 11.3 Å². The summed E-state index contributed by atoms with van der Waals surface area (Å²) in [5.74, 6) is -8.32. The molecule has 0 amide bonds. The van der Waals surface area contributed by atoms with Gasteiger partial charge in [-0.25, -0.2) is 9.97 Å². The molecule has 0 aliphatic heterocycles. The van der Waals surface area contributed by atoms with E-state index in [1.165, 1.54) is 13.8 Å². The van der Waals surface area contributed by atoms with Gasteiger partial charge in [-0.1, -0.05) is 0 Å². The molecule has 2 rings (SSSR count). The summed E-state index contributed by atoms with van der Waals surface area (Å²) in [5.41, 5.74) is -2.76. The fourth-order valence-electron chi connectivity index (χ4n) is 2.39. The van der Waals surface area contributed by atoms with Crippen LogP contribution in [0.4, 0.5) is 17.6 Å². The predicted octanol–water partition coefficient (Wildman–Crippen LogP) is 3.11. The lowest BCUT2D eigenvalue weighted by Gasteiger charge is -2.30. The third kappa shape index (κ3) is 1.21. The fraction of sp³-hybridized carbons (Fsp3) is 0.636. The maximum Gasteiger partial charge on any atom is 0.353 e. The van der Waals surface area contributed by atoms with E-state index in [2.05, 4.69) is 9.97 Å². The molecule has 1 aliphatic rings. The van der Waals surface area contributed by atoms with Crippen molar-refractivity contribution >= 4 is 0 Å². The molecule has 0 atom stereocenters. The van der Waals surface area contributed by atoms with Crippen LogP contribution in [0, 0.1) is 13.8 Å². The van der Waals surface area contributed by atoms with Gasteiger partial charge in [-0.3, -0.25) is 0 Å². The third-order valence-corrected chi connectivity index (χ3v) is 3.30. The standard InChI is InChI=1S/C11H12F4N2/c1-5-7-8(17-6(2)16-5)10(12,13)11(14,15)9(7,3)4/h1-4H3. The number of rotatable bonds is 0. The van der Waals surface area contributed by atoms with E-state index in [1.54, 1.807) is 0 Å². The molecule has 0 fully saturated rings. The fourth-order valence-corrected chi connectivity index (χ4v) is 2.39. The first kappa shape index (κ1) is 12.3. The molecule has 1 aromatic heterocycles. The van der Waals surface area contributed by atoms with Gasteiger partial charge in [0.2, 0.25) is 0 Å². The highest BCUT2D eigenvalue weighted by atomic mass is 19.3. The van der Waals surface area contributed by atoms with Gasteiger partial charge >= 0.3 is 11.8 Å². The second-order valence-electron chi connectivity index (χ2n) is 4.85. The van der Waals surface area contributed by atoms with Gasteiger partial charge in [0, 0.05) is 11.3 Å². The molecule has 1 aliphatic carbocycles. The Hall–Kier alpha value is -1.20. The molecular weight excluding hydrogens is 236 g/mol. The summed E-state index contributed by atoms with van der Waals surface area (Å²) in [6, 6.07) is 0. The average molecular weight is 248 g/mol. The normalized spacial score (nSPS) is 23.5. The Kier molecular flexibility index (Phi) is 2.14. The monoisotopic (exact) mass is 248 g/mol. The minimum atomic E-state index is -4.25. The average Bonchev–Trinajstić information content (AvgIpc) is 2.23. The molecule has 1 aromatic rings. The van der Waals surface area contributed by atoms with Gasteiger partial charge in [0.15, 0.2) is 0 Å². The Labute approximate surface area is 96.1 Å². The Bertz CT molecular complexity index is 494. The van der Waals surface area contributed by atoms with Crippen molar-refractivity contribution in [1.29, 1.82) is 0 Å². The van der Waals surface area contributed by atoms with E-state index >= 15 is 0 Å². The quantitative estimate of drug-likeness (QED) is 0.659. The molecule has 1 heterocycles. The van der Waals surface area contributed by atoms with Crippen molar-refractivity contribution in [3.63, 3.8) is 0 Å². The van der Waals surface area contributed by atoms with Crippen LogP contribution in [-0.4, -0.2) is 15.9 Å². The number of alkyl halides is 4. The summed E-state index contributed by atoms with van der Waals surface area (Å²) in [6.45, 7) is 5.05. The highest BCUT2D eigenvalue weighted by Crippen LogP contribution is 2.60. The van der Waals surface area contributed by atoms with Crippen LogP contribution in [0.15, 0.2) is 0 Å². The summed E-state index contributed by atoms with van der Waals surface area (Å²) in [5, 5.41) is 0. The van der Waals surface area contributed by atoms with Gasteiger partial charge in [-0.2, -0.15) is 17.6 Å². The van der Waals surface area contributed by atoms with E-state index in [1.807, 2.05) is 0 Å². The van der Waals surface area contributed by atoms with E-state index in [0.29, 0.717) is 0 Å². The second kappa shape index (κ2) is 2.97. The zero-order chi connectivity index (χ0) is 13.2. The van der Waals surface area contributed by atoms with Crippen LogP contribution in [0.5, 0.6) is 0 Å². The lowest BCUT2D eigenvalue weighted by atomic mass is 9.83. The maximum atomic E-state index is 13.8. The van der Waals surface area contributed by atoms with Crippen molar-refractivity contribution in [2.75, 3.05) is 0 Å². The SMILES string of the molecule is Cc1nc(C)c2c(n1)C(F)(F)C(F)(F)C2(C)C. The topological polar surface area (TPSA) is 25.8 Å². The molecule has 17 heavy (non-hydrogen) atoms. The molecule has 0 spiro atoms. The van der Waals surface area contributed by atoms with Crippen molar-refractivity contribution in [1.82, 2.24) is 9.97 Å². The van der Waals surface area contributed by atoms with Crippen LogP contribution >= 0.6 is 0 Å². The molecular formula is C11H12F4N2. The molecule has 0 N–H and O–H groups in total. The van der Waals surface area contributed by atoms with Crippen LogP contribution in [0.1, 0.15) is 36.6 Å². The first-order valence-corrected chi connectivity index (χ1v) is 5.15. The van der Waals surface area contributed by atoms with Crippen molar-refractivity contribution in [2.24, 2.45) is 0 Å². The maximum absolute atomic E-state index is 13.8. The molecule has 0 radical (unpaired) electrons. The molecule has 0 aromatic carbocycles. The lowest BCUT2D eigenvalue weighted by Crippen LogP contribution is -2.45. The molecule has 94 valence electrons. The van der Waals surface area contributed by atoms with Gasteiger partial charge in [-0.15, -0.1) is 0 Å². The van der Waals surface area contributed by atoms with Gasteiger partial charge in [0.25, 0.3) is 0 Å². The Balaban J connectivity index is 2.87. The zero-order valence-corrected chi connectivity index (χ0v) is 9.91. The van der Waals surface area contributed by atoms with Gasteiger partial charge in [-0.05, 0) is 27.7 Å². The largest absolute Gasteiger partial charge is 0.353 e. The van der Waals surface area contributed by atoms with Crippen LogP contribution in [0.3, 0.4) is 0 Å². The number of hydrogen-bond donors (Lipinski definition) is 0. The number of hydrogen-bond acceptors (Lipinski definition) is 2. The highest BCUT2D eigenvalue weighted by molar-refractivity contribution is 5.45. The van der Waals surface area contributed by atoms with Crippen LogP contribution in [0.25, 0.3) is 0 Å². The molecule has 0 bridgehead atoms. The highest BCUT2D eigenvalue weighted by Gasteiger charge is 2.74. The van der Waals surface area contributed by atoms with Crippen molar-refractivity contribution < 1.29 is 17.6 Å². The smallest absolute Gasteiger partial charge is 0.238 e. The van der Waals surface area contributed by atoms with Crippen LogP contribution in [0.2, 0.25) is 0 Å². The van der Waals surface area contributed by atoms with Crippen molar-refractivity contribution in [2.45, 2.75) is 45.0 Å². The number of nitrogens with zero attached hydrogens (tertiary/aromatic N) is 2. The summed E-state index contributed by atoms with van der Waals surface area (Å²) in [7, 11) is 0. The minimum absolute atomic E-state index is 0.0782. The van der Waals surface area contributed by atoms with Gasteiger partial charge < -0.3 is 0 Å². The summed E-state index contributed by atoms with van der Waals surface area (Å²) in [4.78, 5) is 7.41. The Morgan fingerprint density at radius 2 is 1.47 bits per heavy atom. The number of fused-ring (bicyclic) bond motifs is 1. The van der Waals surface area contributed by atoms with Crippen LogP contribution < -0.4 is 0 Å². The zero-order valence-electron chi connectivity index (χ0n) is 9.91. The van der Waals surface area contributed by atoms with E-state index in [4.69, 9.17) is 0 Å². The predicted molar refractivity (Wildman–Crippen MR) is 53.4 cm³/mol. The first-order chi connectivity index (χ1) is 7.53. The number of halogens is 4. The van der Waals surface area contributed by atoms with Crippen molar-refractivity contribution in [3.8, 4) is 0 Å². The summed E-state index contributed by atoms with van der Waals surface area (Å²) < 4.78 is 55.0. The van der Waals surface area contributed by atoms with E-state index in [-0.39, 0.29) is 17.1 Å². The third-order valence-electron chi connectivity index (χ3n) is 3.30. The first-order valence-electron chi connectivity index (χ1n) is 5.15. The number of aromatic nitrogens is 2. The van der Waals surface area contributed by atoms with E-state index in [9.17, 15) is 17.6 Å². The van der Waals surface area contributed by atoms with Crippen molar-refractivity contribution in [3.05, 3.63) is 22.8 Å². The summed E-state index contributed by atoms with van der Waals surface area (Å²) >= 11 is 0. The molecule has 0 saturated carbocycles. The van der Waals surface area contributed by atoms with Gasteiger partial charge in [0.05, 0.1) is 5.41 Å². The Morgan fingerprint density at radius 1 is 0.941 bits per heavy atom. The Morgan fingerprint density at radius 3 is 2.00 bits per heavy atom. The molecule has 0 unspecified atom stereocenters.